The number of carbonyl (C=O) groups is 1. The molecule has 2 N–H and O–H groups in total. The molecule has 10 heavy (non-hydrogen) atoms. The molecule has 0 spiro atoms. The van der Waals surface area contributed by atoms with Crippen LogP contribution in [0.15, 0.2) is 0 Å². The number of carbonyl (C=O) groups excluding carboxylic acids is 1. The number of hydrogen-bond acceptors (Lipinski definition) is 3. The highest BCUT2D eigenvalue weighted by Gasteiger charge is 2.15. The summed E-state index contributed by atoms with van der Waals surface area (Å²) < 4.78 is 0. The Balaban J connectivity index is 2.19. The van der Waals surface area contributed by atoms with E-state index in [0.717, 1.165) is 19.3 Å². The Bertz CT molecular complexity index is 110. The number of hydrogen-bond donors (Lipinski definition) is 2. The standard InChI is InChI=1S/C6H12N2O2/c9-5-7-6-1-3-8(10)4-2-6/h5-6,10H,1-4H2,(H,7,9). The molecule has 0 aromatic heterocycles. The average molecular weight is 144 g/mol. The second-order valence-electron chi connectivity index (χ2n) is 2.51. The Morgan fingerprint density at radius 2 is 2.10 bits per heavy atom. The lowest BCUT2D eigenvalue weighted by Gasteiger charge is -2.26. The maximum atomic E-state index is 9.97. The normalized spacial score (nSPS) is 22.5. The fraction of sp³-hybridized carbons (Fsp3) is 0.833. The molecular formula is C6H12N2O2. The van der Waals surface area contributed by atoms with Gasteiger partial charge in [0.2, 0.25) is 6.41 Å². The molecule has 4 nitrogen and oxygen atoms in total. The number of nitrogens with zero attached hydrogens (tertiary/aromatic N) is 1. The minimum absolute atomic E-state index is 0.265. The molecule has 1 saturated heterocycles. The van der Waals surface area contributed by atoms with E-state index in [4.69, 9.17) is 5.21 Å². The molecule has 0 aromatic carbocycles. The van der Waals surface area contributed by atoms with Crippen molar-refractivity contribution in [1.29, 1.82) is 0 Å². The van der Waals surface area contributed by atoms with Crippen LogP contribution < -0.4 is 5.32 Å². The van der Waals surface area contributed by atoms with Crippen molar-refractivity contribution in [3.8, 4) is 0 Å². The fourth-order valence-corrected chi connectivity index (χ4v) is 1.13. The molecule has 0 aromatic rings. The Hall–Kier alpha value is -0.610. The van der Waals surface area contributed by atoms with Crippen LogP contribution in [-0.2, 0) is 4.79 Å². The highest BCUT2D eigenvalue weighted by Crippen LogP contribution is 2.06. The summed E-state index contributed by atoms with van der Waals surface area (Å²) in [6.45, 7) is 1.32. The zero-order chi connectivity index (χ0) is 7.40. The van der Waals surface area contributed by atoms with Crippen molar-refractivity contribution in [1.82, 2.24) is 10.4 Å². The lowest BCUT2D eigenvalue weighted by atomic mass is 10.1. The summed E-state index contributed by atoms with van der Waals surface area (Å²) in [4.78, 5) is 9.97. The van der Waals surface area contributed by atoms with Crippen LogP contribution >= 0.6 is 0 Å². The first-order valence-corrected chi connectivity index (χ1v) is 3.46. The minimum Gasteiger partial charge on any atom is -0.356 e. The SMILES string of the molecule is O=CNC1CCN(O)CC1. The summed E-state index contributed by atoms with van der Waals surface area (Å²) in [5.74, 6) is 0. The lowest BCUT2D eigenvalue weighted by molar-refractivity contribution is -0.117. The number of piperidine rings is 1. The van der Waals surface area contributed by atoms with Crippen LogP contribution in [0, 0.1) is 0 Å². The molecule has 4 heteroatoms. The lowest BCUT2D eigenvalue weighted by Crippen LogP contribution is -2.40. The minimum atomic E-state index is 0.265. The van der Waals surface area contributed by atoms with E-state index in [1.54, 1.807) is 0 Å². The topological polar surface area (TPSA) is 52.6 Å². The Kier molecular flexibility index (Phi) is 2.65. The highest BCUT2D eigenvalue weighted by molar-refractivity contribution is 5.46. The summed E-state index contributed by atoms with van der Waals surface area (Å²) >= 11 is 0. The van der Waals surface area contributed by atoms with Gasteiger partial charge in [-0.2, -0.15) is 5.06 Å². The van der Waals surface area contributed by atoms with Gasteiger partial charge in [0.15, 0.2) is 0 Å². The molecule has 0 saturated carbocycles. The van der Waals surface area contributed by atoms with E-state index in [-0.39, 0.29) is 6.04 Å². The van der Waals surface area contributed by atoms with Gasteiger partial charge >= 0.3 is 0 Å². The van der Waals surface area contributed by atoms with Crippen LogP contribution in [0.3, 0.4) is 0 Å². The Labute approximate surface area is 59.8 Å². The van der Waals surface area contributed by atoms with Gasteiger partial charge < -0.3 is 10.5 Å². The molecule has 0 unspecified atom stereocenters. The predicted molar refractivity (Wildman–Crippen MR) is 35.6 cm³/mol. The van der Waals surface area contributed by atoms with Crippen LogP contribution in [-0.4, -0.2) is 35.8 Å². The number of nitrogens with one attached hydrogen (secondary N) is 1. The maximum absolute atomic E-state index is 9.97. The third-order valence-corrected chi connectivity index (χ3v) is 1.78. The monoisotopic (exact) mass is 144 g/mol. The average Bonchev–Trinajstić information content (AvgIpc) is 1.95. The van der Waals surface area contributed by atoms with Crippen molar-refractivity contribution < 1.29 is 10.0 Å². The molecule has 1 amide bonds. The van der Waals surface area contributed by atoms with E-state index in [1.807, 2.05) is 0 Å². The molecule has 0 aliphatic carbocycles. The molecule has 0 bridgehead atoms. The van der Waals surface area contributed by atoms with Gasteiger partial charge in [-0.25, -0.2) is 0 Å². The number of hydroxylamine groups is 2. The quantitative estimate of drug-likeness (QED) is 0.518. The van der Waals surface area contributed by atoms with Crippen LogP contribution in [0.25, 0.3) is 0 Å². The first-order valence-electron chi connectivity index (χ1n) is 3.46. The molecule has 1 aliphatic rings. The zero-order valence-electron chi connectivity index (χ0n) is 5.79. The van der Waals surface area contributed by atoms with E-state index in [1.165, 1.54) is 5.06 Å². The summed E-state index contributed by atoms with van der Waals surface area (Å²) in [5, 5.41) is 12.9. The predicted octanol–water partition coefficient (Wildman–Crippen LogP) is -0.414. The molecule has 0 radical (unpaired) electrons. The van der Waals surface area contributed by atoms with Crippen molar-refractivity contribution in [2.24, 2.45) is 0 Å². The Morgan fingerprint density at radius 1 is 1.50 bits per heavy atom. The van der Waals surface area contributed by atoms with Crippen molar-refractivity contribution >= 4 is 6.41 Å². The third kappa shape index (κ3) is 1.97. The van der Waals surface area contributed by atoms with Crippen molar-refractivity contribution in [2.45, 2.75) is 18.9 Å². The first-order chi connectivity index (χ1) is 4.83. The van der Waals surface area contributed by atoms with E-state index in [2.05, 4.69) is 5.32 Å². The first kappa shape index (κ1) is 7.50. The summed E-state index contributed by atoms with van der Waals surface area (Å²) in [6, 6.07) is 0.265. The van der Waals surface area contributed by atoms with Gasteiger partial charge in [-0.1, -0.05) is 0 Å². The van der Waals surface area contributed by atoms with Gasteiger partial charge in [0.1, 0.15) is 0 Å². The number of amides is 1. The van der Waals surface area contributed by atoms with Crippen LogP contribution in [0.4, 0.5) is 0 Å². The second kappa shape index (κ2) is 3.53. The van der Waals surface area contributed by atoms with Gasteiger partial charge in [-0.3, -0.25) is 4.79 Å². The van der Waals surface area contributed by atoms with Crippen molar-refractivity contribution in [3.05, 3.63) is 0 Å². The molecule has 1 aliphatic heterocycles. The van der Waals surface area contributed by atoms with Crippen LogP contribution in [0.2, 0.25) is 0 Å². The van der Waals surface area contributed by atoms with Crippen molar-refractivity contribution in [3.63, 3.8) is 0 Å². The van der Waals surface area contributed by atoms with Gasteiger partial charge in [0, 0.05) is 19.1 Å². The van der Waals surface area contributed by atoms with Gasteiger partial charge in [0.25, 0.3) is 0 Å². The van der Waals surface area contributed by atoms with Crippen molar-refractivity contribution in [2.75, 3.05) is 13.1 Å². The third-order valence-electron chi connectivity index (χ3n) is 1.78. The molecule has 58 valence electrons. The summed E-state index contributed by atoms with van der Waals surface area (Å²) in [5.41, 5.74) is 0. The van der Waals surface area contributed by atoms with Gasteiger partial charge in [-0.15, -0.1) is 0 Å². The molecule has 1 fully saturated rings. The smallest absolute Gasteiger partial charge is 0.207 e. The maximum Gasteiger partial charge on any atom is 0.207 e. The van der Waals surface area contributed by atoms with Gasteiger partial charge in [0.05, 0.1) is 0 Å². The van der Waals surface area contributed by atoms with Crippen LogP contribution in [0.5, 0.6) is 0 Å². The zero-order valence-corrected chi connectivity index (χ0v) is 5.79. The highest BCUT2D eigenvalue weighted by atomic mass is 16.5. The Morgan fingerprint density at radius 3 is 2.60 bits per heavy atom. The van der Waals surface area contributed by atoms with E-state index >= 15 is 0 Å². The van der Waals surface area contributed by atoms with E-state index < -0.39 is 0 Å². The van der Waals surface area contributed by atoms with Crippen LogP contribution in [0.1, 0.15) is 12.8 Å². The molecule has 1 heterocycles. The number of rotatable bonds is 2. The summed E-state index contributed by atoms with van der Waals surface area (Å²) in [7, 11) is 0. The van der Waals surface area contributed by atoms with E-state index in [0.29, 0.717) is 13.1 Å². The molecule has 0 atom stereocenters. The molecule has 1 rings (SSSR count). The second-order valence-corrected chi connectivity index (χ2v) is 2.51. The summed E-state index contributed by atoms with van der Waals surface area (Å²) in [6.07, 6.45) is 2.40. The fourth-order valence-electron chi connectivity index (χ4n) is 1.13. The molecular weight excluding hydrogens is 132 g/mol. The van der Waals surface area contributed by atoms with E-state index in [9.17, 15) is 4.79 Å². The van der Waals surface area contributed by atoms with Gasteiger partial charge in [-0.05, 0) is 12.8 Å². The largest absolute Gasteiger partial charge is 0.356 e.